The number of methoxy groups -OCH3 is 1. The summed E-state index contributed by atoms with van der Waals surface area (Å²) in [5.41, 5.74) is 9.98. The van der Waals surface area contributed by atoms with Crippen LogP contribution in [0.1, 0.15) is 27.2 Å². The molecule has 5 rings (SSSR count). The summed E-state index contributed by atoms with van der Waals surface area (Å²) in [5.74, 6) is 0.476. The van der Waals surface area contributed by atoms with Crippen molar-refractivity contribution < 1.29 is 9.53 Å². The molecule has 0 atom stereocenters. The average Bonchev–Trinajstić information content (AvgIpc) is 3.12. The maximum Gasteiger partial charge on any atom is 0.272 e. The van der Waals surface area contributed by atoms with E-state index in [0.29, 0.717) is 11.3 Å². The summed E-state index contributed by atoms with van der Waals surface area (Å²) in [4.78, 5) is 18.0. The number of ether oxygens (including phenoxy) is 1. The molecule has 1 amide bonds. The van der Waals surface area contributed by atoms with E-state index in [2.05, 4.69) is 47.1 Å². The summed E-state index contributed by atoms with van der Waals surface area (Å²) < 4.78 is 7.39. The zero-order valence-corrected chi connectivity index (χ0v) is 20.2. The quantitative estimate of drug-likeness (QED) is 0.266. The molecule has 2 heterocycles. The minimum absolute atomic E-state index is 0.288. The first-order valence-electron chi connectivity index (χ1n) is 11.4. The van der Waals surface area contributed by atoms with Gasteiger partial charge < -0.3 is 9.30 Å². The molecule has 0 fully saturated rings. The Morgan fingerprint density at radius 3 is 2.54 bits per heavy atom. The Balaban J connectivity index is 1.49. The van der Waals surface area contributed by atoms with Gasteiger partial charge in [-0.15, -0.1) is 0 Å². The zero-order valence-electron chi connectivity index (χ0n) is 20.2. The van der Waals surface area contributed by atoms with E-state index in [9.17, 15) is 4.79 Å². The second-order valence-electron chi connectivity index (χ2n) is 8.58. The van der Waals surface area contributed by atoms with Crippen molar-refractivity contribution in [2.24, 2.45) is 12.1 Å². The molecule has 0 aliphatic heterocycles. The molecular weight excluding hydrogens is 436 g/mol. The van der Waals surface area contributed by atoms with E-state index in [1.165, 1.54) is 5.56 Å². The third kappa shape index (κ3) is 4.15. The van der Waals surface area contributed by atoms with Gasteiger partial charge in [-0.2, -0.15) is 5.10 Å². The van der Waals surface area contributed by atoms with E-state index in [4.69, 9.17) is 9.72 Å². The number of hydrogen-bond donors (Lipinski definition) is 1. The number of fused-ring (bicyclic) bond motifs is 2. The molecule has 0 bridgehead atoms. The lowest BCUT2D eigenvalue weighted by Crippen LogP contribution is -2.18. The van der Waals surface area contributed by atoms with E-state index in [0.717, 1.165) is 44.4 Å². The largest absolute Gasteiger partial charge is 0.497 e. The van der Waals surface area contributed by atoms with Gasteiger partial charge in [0.05, 0.1) is 30.1 Å². The molecule has 0 radical (unpaired) electrons. The molecular formula is C29H26N4O2. The molecule has 6 heteroatoms. The molecule has 6 nitrogen and oxygen atoms in total. The van der Waals surface area contributed by atoms with Gasteiger partial charge in [-0.1, -0.05) is 29.8 Å². The number of hydrogen-bond acceptors (Lipinski definition) is 4. The lowest BCUT2D eigenvalue weighted by atomic mass is 10.0. The van der Waals surface area contributed by atoms with Crippen LogP contribution in [0.4, 0.5) is 0 Å². The van der Waals surface area contributed by atoms with Crippen LogP contribution in [0.15, 0.2) is 77.9 Å². The van der Waals surface area contributed by atoms with Crippen molar-refractivity contribution in [3.8, 4) is 17.0 Å². The highest BCUT2D eigenvalue weighted by atomic mass is 16.5. The lowest BCUT2D eigenvalue weighted by Gasteiger charge is -2.09. The number of aromatic nitrogens is 2. The fourth-order valence-electron chi connectivity index (χ4n) is 4.37. The van der Waals surface area contributed by atoms with E-state index in [1.807, 2.05) is 61.6 Å². The molecule has 0 saturated carbocycles. The van der Waals surface area contributed by atoms with E-state index in [1.54, 1.807) is 13.3 Å². The van der Waals surface area contributed by atoms with Crippen LogP contribution in [0.2, 0.25) is 0 Å². The molecule has 0 aliphatic carbocycles. The SMILES string of the molecule is COc1ccc(-c2cc(C(=O)N/N=C/c3c(C)n(C)c4ccc(C)cc34)c3ccccc3n2)cc1. The predicted molar refractivity (Wildman–Crippen MR) is 141 cm³/mol. The van der Waals surface area contributed by atoms with Crippen LogP contribution in [0.5, 0.6) is 5.75 Å². The highest BCUT2D eigenvalue weighted by molar-refractivity contribution is 6.08. The number of nitrogens with zero attached hydrogens (tertiary/aromatic N) is 3. The molecule has 174 valence electrons. The predicted octanol–water partition coefficient (Wildman–Crippen LogP) is 5.78. The first kappa shape index (κ1) is 22.3. The van der Waals surface area contributed by atoms with Crippen LogP contribution in [0.25, 0.3) is 33.1 Å². The first-order valence-corrected chi connectivity index (χ1v) is 11.4. The number of benzene rings is 3. The van der Waals surface area contributed by atoms with Crippen molar-refractivity contribution in [1.82, 2.24) is 15.0 Å². The smallest absolute Gasteiger partial charge is 0.272 e. The monoisotopic (exact) mass is 462 g/mol. The van der Waals surface area contributed by atoms with Gasteiger partial charge in [0, 0.05) is 40.2 Å². The minimum Gasteiger partial charge on any atom is -0.497 e. The number of carbonyl (C=O) groups excluding carboxylic acids is 1. The number of carbonyl (C=O) groups is 1. The molecule has 0 unspecified atom stereocenters. The average molecular weight is 463 g/mol. The van der Waals surface area contributed by atoms with Crippen LogP contribution in [0, 0.1) is 13.8 Å². The molecule has 2 aromatic heterocycles. The first-order chi connectivity index (χ1) is 17.0. The lowest BCUT2D eigenvalue weighted by molar-refractivity contribution is 0.0956. The van der Waals surface area contributed by atoms with Gasteiger partial charge >= 0.3 is 0 Å². The zero-order chi connectivity index (χ0) is 24.5. The Kier molecular flexibility index (Phi) is 5.79. The van der Waals surface area contributed by atoms with Crippen molar-refractivity contribution >= 4 is 33.9 Å². The van der Waals surface area contributed by atoms with Gasteiger partial charge in [-0.3, -0.25) is 4.79 Å². The molecule has 0 aliphatic rings. The highest BCUT2D eigenvalue weighted by Crippen LogP contribution is 2.27. The molecule has 3 aromatic carbocycles. The van der Waals surface area contributed by atoms with Gasteiger partial charge in [0.25, 0.3) is 5.91 Å². The van der Waals surface area contributed by atoms with Gasteiger partial charge in [-0.05, 0) is 62.4 Å². The molecule has 35 heavy (non-hydrogen) atoms. The van der Waals surface area contributed by atoms with Crippen LogP contribution >= 0.6 is 0 Å². The normalized spacial score (nSPS) is 11.4. The summed E-state index contributed by atoms with van der Waals surface area (Å²) in [7, 11) is 3.67. The number of para-hydroxylation sites is 1. The number of aryl methyl sites for hydroxylation is 2. The maximum absolute atomic E-state index is 13.3. The molecule has 0 saturated heterocycles. The van der Waals surface area contributed by atoms with E-state index in [-0.39, 0.29) is 5.91 Å². The minimum atomic E-state index is -0.288. The van der Waals surface area contributed by atoms with E-state index >= 15 is 0 Å². The van der Waals surface area contributed by atoms with Gasteiger partial charge in [-0.25, -0.2) is 10.4 Å². The number of rotatable bonds is 5. The second kappa shape index (κ2) is 9.06. The number of hydrazone groups is 1. The second-order valence-corrected chi connectivity index (χ2v) is 8.58. The Morgan fingerprint density at radius 1 is 1.00 bits per heavy atom. The topological polar surface area (TPSA) is 68.5 Å². The summed E-state index contributed by atoms with van der Waals surface area (Å²) in [5, 5.41) is 6.21. The van der Waals surface area contributed by atoms with Crippen LogP contribution < -0.4 is 10.2 Å². The fourth-order valence-corrected chi connectivity index (χ4v) is 4.37. The van der Waals surface area contributed by atoms with Crippen LogP contribution in [-0.4, -0.2) is 28.8 Å². The Bertz CT molecular complexity index is 1600. The standard InChI is InChI=1S/C29H26N4O2/c1-18-9-14-28-23(15-18)25(19(2)33(28)3)17-30-32-29(34)24-16-27(20-10-12-21(35-4)13-11-20)31-26-8-6-5-7-22(24)26/h5-17H,1-4H3,(H,32,34)/b30-17+. The Labute approximate surface area is 203 Å². The van der Waals surface area contributed by atoms with Crippen molar-refractivity contribution in [2.75, 3.05) is 7.11 Å². The molecule has 5 aromatic rings. The van der Waals surface area contributed by atoms with Crippen molar-refractivity contribution in [3.05, 3.63) is 95.2 Å². The van der Waals surface area contributed by atoms with Gasteiger partial charge in [0.15, 0.2) is 0 Å². The highest BCUT2D eigenvalue weighted by Gasteiger charge is 2.15. The van der Waals surface area contributed by atoms with Crippen LogP contribution in [-0.2, 0) is 7.05 Å². The summed E-state index contributed by atoms with van der Waals surface area (Å²) in [6.07, 6.45) is 1.72. The van der Waals surface area contributed by atoms with Gasteiger partial charge in [0.1, 0.15) is 5.75 Å². The van der Waals surface area contributed by atoms with Crippen LogP contribution in [0.3, 0.4) is 0 Å². The van der Waals surface area contributed by atoms with E-state index < -0.39 is 0 Å². The van der Waals surface area contributed by atoms with Crippen molar-refractivity contribution in [1.29, 1.82) is 0 Å². The number of nitrogens with one attached hydrogen (secondary N) is 1. The molecule has 0 spiro atoms. The fraction of sp³-hybridized carbons (Fsp3) is 0.138. The van der Waals surface area contributed by atoms with Crippen molar-refractivity contribution in [3.63, 3.8) is 0 Å². The summed E-state index contributed by atoms with van der Waals surface area (Å²) in [6.45, 7) is 4.12. The Morgan fingerprint density at radius 2 is 1.77 bits per heavy atom. The third-order valence-electron chi connectivity index (χ3n) is 6.40. The summed E-state index contributed by atoms with van der Waals surface area (Å²) >= 11 is 0. The Hall–Kier alpha value is -4.45. The maximum atomic E-state index is 13.3. The number of amides is 1. The summed E-state index contributed by atoms with van der Waals surface area (Å²) in [6, 6.07) is 23.4. The molecule has 1 N–H and O–H groups in total. The third-order valence-corrected chi connectivity index (χ3v) is 6.40. The number of pyridine rings is 1. The van der Waals surface area contributed by atoms with Gasteiger partial charge in [0.2, 0.25) is 0 Å². The van der Waals surface area contributed by atoms with Crippen molar-refractivity contribution in [2.45, 2.75) is 13.8 Å².